The van der Waals surface area contributed by atoms with Gasteiger partial charge in [-0.3, -0.25) is 4.79 Å². The molecule has 0 saturated carbocycles. The molecule has 1 amide bonds. The Hall–Kier alpha value is -0.830. The van der Waals surface area contributed by atoms with Crippen molar-refractivity contribution in [3.63, 3.8) is 0 Å². The third-order valence-corrected chi connectivity index (χ3v) is 3.67. The van der Waals surface area contributed by atoms with Crippen LogP contribution in [0.1, 0.15) is 31.7 Å². The van der Waals surface area contributed by atoms with E-state index < -0.39 is 0 Å². The van der Waals surface area contributed by atoms with E-state index in [9.17, 15) is 4.79 Å². The van der Waals surface area contributed by atoms with Gasteiger partial charge in [0.2, 0.25) is 5.91 Å². The number of thiophene rings is 1. The molecular formula is C14H25IN4OS. The lowest BCUT2D eigenvalue weighted by Crippen LogP contribution is -2.42. The number of amides is 1. The number of nitrogens with one attached hydrogen (secondary N) is 2. The molecule has 0 aromatic carbocycles. The Labute approximate surface area is 148 Å². The second-order valence-corrected chi connectivity index (χ2v) is 6.11. The highest BCUT2D eigenvalue weighted by Gasteiger charge is 2.11. The molecule has 0 spiro atoms. The van der Waals surface area contributed by atoms with Crippen molar-refractivity contribution in [2.45, 2.75) is 32.9 Å². The van der Waals surface area contributed by atoms with Crippen molar-refractivity contribution < 1.29 is 4.79 Å². The molecule has 1 rings (SSSR count). The Bertz CT molecular complexity index is 446. The third kappa shape index (κ3) is 7.66. The van der Waals surface area contributed by atoms with Crippen molar-refractivity contribution >= 4 is 47.2 Å². The number of carbonyl (C=O) groups excluding carboxylic acids is 1. The lowest BCUT2D eigenvalue weighted by atomic mass is 10.3. The van der Waals surface area contributed by atoms with Gasteiger partial charge >= 0.3 is 0 Å². The summed E-state index contributed by atoms with van der Waals surface area (Å²) < 4.78 is 0. The second-order valence-electron chi connectivity index (χ2n) is 5.13. The fourth-order valence-electron chi connectivity index (χ4n) is 1.51. The zero-order valence-corrected chi connectivity index (χ0v) is 16.4. The molecule has 0 fully saturated rings. The van der Waals surface area contributed by atoms with Crippen LogP contribution in [0.3, 0.4) is 0 Å². The van der Waals surface area contributed by atoms with Gasteiger partial charge in [-0.05, 0) is 32.2 Å². The van der Waals surface area contributed by atoms with E-state index in [1.54, 1.807) is 30.3 Å². The zero-order chi connectivity index (χ0) is 15.1. The van der Waals surface area contributed by atoms with Crippen molar-refractivity contribution in [2.75, 3.05) is 20.6 Å². The highest BCUT2D eigenvalue weighted by molar-refractivity contribution is 14.0. The van der Waals surface area contributed by atoms with E-state index in [2.05, 4.69) is 34.0 Å². The quantitative estimate of drug-likeness (QED) is 0.434. The Morgan fingerprint density at radius 1 is 1.33 bits per heavy atom. The standard InChI is InChI=1S/C14H24N4OS.HI/c1-10(2)16-14(15-9-13(19)18(4)5)17-11(3)12-7-6-8-20-12;/h6-8,10-11H,9H2,1-5H3,(H2,15,16,17);1H. The number of likely N-dealkylation sites (N-methyl/N-ethyl adjacent to an activating group) is 1. The number of carbonyl (C=O) groups is 1. The average Bonchev–Trinajstić information content (AvgIpc) is 2.88. The van der Waals surface area contributed by atoms with Crippen molar-refractivity contribution in [3.8, 4) is 0 Å². The summed E-state index contributed by atoms with van der Waals surface area (Å²) in [6.07, 6.45) is 0. The molecule has 120 valence electrons. The van der Waals surface area contributed by atoms with Crippen molar-refractivity contribution in [1.29, 1.82) is 0 Å². The molecule has 1 aromatic heterocycles. The first kappa shape index (κ1) is 20.2. The molecule has 1 unspecified atom stereocenters. The molecule has 2 N–H and O–H groups in total. The summed E-state index contributed by atoms with van der Waals surface area (Å²) in [5, 5.41) is 8.61. The lowest BCUT2D eigenvalue weighted by molar-refractivity contribution is -0.127. The Morgan fingerprint density at radius 3 is 2.48 bits per heavy atom. The number of rotatable bonds is 5. The smallest absolute Gasteiger partial charge is 0.243 e. The van der Waals surface area contributed by atoms with Gasteiger partial charge < -0.3 is 15.5 Å². The molecule has 1 atom stereocenters. The molecular weight excluding hydrogens is 399 g/mol. The van der Waals surface area contributed by atoms with Crippen molar-refractivity contribution in [3.05, 3.63) is 22.4 Å². The largest absolute Gasteiger partial charge is 0.354 e. The number of nitrogens with zero attached hydrogens (tertiary/aromatic N) is 2. The van der Waals surface area contributed by atoms with E-state index in [0.29, 0.717) is 5.96 Å². The molecule has 0 radical (unpaired) electrons. The SMILES string of the molecule is CC(C)NC(=NCC(=O)N(C)C)NC(C)c1cccs1.I. The zero-order valence-electron chi connectivity index (χ0n) is 13.2. The topological polar surface area (TPSA) is 56.7 Å². The van der Waals surface area contributed by atoms with Crippen molar-refractivity contribution in [2.24, 2.45) is 4.99 Å². The van der Waals surface area contributed by atoms with Crippen LogP contribution in [0.15, 0.2) is 22.5 Å². The Morgan fingerprint density at radius 2 is 2.00 bits per heavy atom. The number of aliphatic imine (C=N–C) groups is 1. The second kappa shape index (κ2) is 9.99. The van der Waals surface area contributed by atoms with Crippen LogP contribution in [-0.4, -0.2) is 43.4 Å². The molecule has 5 nitrogen and oxygen atoms in total. The first-order valence-corrected chi connectivity index (χ1v) is 7.59. The molecule has 1 aromatic rings. The first-order chi connectivity index (χ1) is 9.40. The molecule has 1 heterocycles. The number of hydrogen-bond donors (Lipinski definition) is 2. The van der Waals surface area contributed by atoms with Gasteiger partial charge in [-0.1, -0.05) is 6.07 Å². The van der Waals surface area contributed by atoms with E-state index in [0.717, 1.165) is 0 Å². The molecule has 21 heavy (non-hydrogen) atoms. The van der Waals surface area contributed by atoms with Crippen LogP contribution in [0.4, 0.5) is 0 Å². The predicted molar refractivity (Wildman–Crippen MR) is 101 cm³/mol. The van der Waals surface area contributed by atoms with Gasteiger partial charge in [0.05, 0.1) is 6.04 Å². The maximum Gasteiger partial charge on any atom is 0.243 e. The van der Waals surface area contributed by atoms with Gasteiger partial charge in [-0.2, -0.15) is 0 Å². The van der Waals surface area contributed by atoms with Gasteiger partial charge in [0.1, 0.15) is 6.54 Å². The highest BCUT2D eigenvalue weighted by atomic mass is 127. The number of hydrogen-bond acceptors (Lipinski definition) is 3. The van der Waals surface area contributed by atoms with Crippen LogP contribution in [0.25, 0.3) is 0 Å². The maximum absolute atomic E-state index is 11.6. The summed E-state index contributed by atoms with van der Waals surface area (Å²) in [5.74, 6) is 0.648. The van der Waals surface area contributed by atoms with E-state index in [1.165, 1.54) is 4.88 Å². The molecule has 0 aliphatic carbocycles. The molecule has 0 aliphatic heterocycles. The van der Waals surface area contributed by atoms with Crippen LogP contribution in [-0.2, 0) is 4.79 Å². The summed E-state index contributed by atoms with van der Waals surface area (Å²) >= 11 is 1.70. The monoisotopic (exact) mass is 424 g/mol. The summed E-state index contributed by atoms with van der Waals surface area (Å²) in [6.45, 7) is 6.31. The van der Waals surface area contributed by atoms with Gasteiger partial charge in [0.25, 0.3) is 0 Å². The average molecular weight is 424 g/mol. The van der Waals surface area contributed by atoms with Gasteiger partial charge in [-0.15, -0.1) is 35.3 Å². The van der Waals surface area contributed by atoms with Crippen molar-refractivity contribution in [1.82, 2.24) is 15.5 Å². The van der Waals surface area contributed by atoms with Crippen LogP contribution in [0.5, 0.6) is 0 Å². The molecule has 0 bridgehead atoms. The number of halogens is 1. The molecule has 0 saturated heterocycles. The first-order valence-electron chi connectivity index (χ1n) is 6.71. The lowest BCUT2D eigenvalue weighted by Gasteiger charge is -2.19. The fraction of sp³-hybridized carbons (Fsp3) is 0.571. The van der Waals surface area contributed by atoms with Crippen LogP contribution >= 0.6 is 35.3 Å². The van der Waals surface area contributed by atoms with Gasteiger partial charge in [0, 0.05) is 25.0 Å². The minimum absolute atomic E-state index is 0. The summed E-state index contributed by atoms with van der Waals surface area (Å²) in [6, 6.07) is 4.53. The summed E-state index contributed by atoms with van der Waals surface area (Å²) in [4.78, 5) is 18.7. The number of guanidine groups is 1. The fourth-order valence-corrected chi connectivity index (χ4v) is 2.24. The predicted octanol–water partition coefficient (Wildman–Crippen LogP) is 2.46. The molecule has 0 aliphatic rings. The maximum atomic E-state index is 11.6. The third-order valence-electron chi connectivity index (χ3n) is 2.62. The van der Waals surface area contributed by atoms with Gasteiger partial charge in [0.15, 0.2) is 5.96 Å². The molecule has 7 heteroatoms. The van der Waals surface area contributed by atoms with E-state index in [-0.39, 0.29) is 48.5 Å². The van der Waals surface area contributed by atoms with Crippen LogP contribution in [0, 0.1) is 0 Å². The Kier molecular flexibility index (Phi) is 9.60. The minimum atomic E-state index is -0.0152. The minimum Gasteiger partial charge on any atom is -0.354 e. The van der Waals surface area contributed by atoms with E-state index >= 15 is 0 Å². The van der Waals surface area contributed by atoms with Gasteiger partial charge in [-0.25, -0.2) is 4.99 Å². The summed E-state index contributed by atoms with van der Waals surface area (Å²) in [5.41, 5.74) is 0. The van der Waals surface area contributed by atoms with Crippen LogP contribution < -0.4 is 10.6 Å². The highest BCUT2D eigenvalue weighted by Crippen LogP contribution is 2.17. The Balaban J connectivity index is 0.00000400. The van der Waals surface area contributed by atoms with E-state index in [4.69, 9.17) is 0 Å². The summed E-state index contributed by atoms with van der Waals surface area (Å²) in [7, 11) is 3.46. The van der Waals surface area contributed by atoms with Crippen LogP contribution in [0.2, 0.25) is 0 Å². The normalized spacial score (nSPS) is 12.6. The van der Waals surface area contributed by atoms with E-state index in [1.807, 2.05) is 19.9 Å².